The van der Waals surface area contributed by atoms with E-state index in [0.29, 0.717) is 25.0 Å². The molecule has 4 unspecified atom stereocenters. The molecule has 1 fully saturated rings. The summed E-state index contributed by atoms with van der Waals surface area (Å²) in [6, 6.07) is -2.01. The zero-order valence-corrected chi connectivity index (χ0v) is 27.0. The van der Waals surface area contributed by atoms with E-state index in [1.165, 1.54) is 12.0 Å². The smallest absolute Gasteiger partial charge is 0.410 e. The molecule has 1 aliphatic carbocycles. The van der Waals surface area contributed by atoms with Crippen molar-refractivity contribution < 1.29 is 42.9 Å². The van der Waals surface area contributed by atoms with Crippen LogP contribution < -0.4 is 5.32 Å². The second kappa shape index (κ2) is 13.2. The molecule has 4 aliphatic rings. The van der Waals surface area contributed by atoms with Crippen LogP contribution in [0.2, 0.25) is 0 Å². The molecule has 4 rings (SSSR count). The number of cyclic esters (lactones) is 2. The number of carbonyl (C=O) groups excluding carboxylic acids is 5. The average Bonchev–Trinajstić information content (AvgIpc) is 3.58. The van der Waals surface area contributed by atoms with Crippen molar-refractivity contribution in [3.05, 3.63) is 22.8 Å². The highest BCUT2D eigenvalue weighted by molar-refractivity contribution is 5.91. The van der Waals surface area contributed by atoms with Crippen LogP contribution in [-0.2, 0) is 33.3 Å². The zero-order chi connectivity index (χ0) is 32.4. The molecule has 5 bridgehead atoms. The molecule has 12 heteroatoms. The second-order valence-corrected chi connectivity index (χ2v) is 14.2. The highest BCUT2D eigenvalue weighted by Crippen LogP contribution is 2.36. The van der Waals surface area contributed by atoms with Gasteiger partial charge in [0.1, 0.15) is 18.2 Å². The number of amides is 3. The second-order valence-electron chi connectivity index (χ2n) is 14.2. The number of nitrogens with one attached hydrogen (secondary N) is 1. The van der Waals surface area contributed by atoms with E-state index in [-0.39, 0.29) is 50.0 Å². The molecule has 0 aromatic heterocycles. The van der Waals surface area contributed by atoms with Crippen LogP contribution in [0.1, 0.15) is 73.6 Å². The Bertz CT molecular complexity index is 1230. The van der Waals surface area contributed by atoms with Crippen molar-refractivity contribution in [3.63, 3.8) is 0 Å². The van der Waals surface area contributed by atoms with E-state index >= 15 is 0 Å². The quantitative estimate of drug-likeness (QED) is 0.344. The average molecular weight is 618 g/mol. The Kier molecular flexibility index (Phi) is 9.99. The molecular weight excluding hydrogens is 570 g/mol. The van der Waals surface area contributed by atoms with Crippen molar-refractivity contribution in [2.45, 2.75) is 91.8 Å². The van der Waals surface area contributed by atoms with Crippen molar-refractivity contribution in [1.82, 2.24) is 15.1 Å². The molecule has 1 saturated heterocycles. The lowest BCUT2D eigenvalue weighted by molar-refractivity contribution is -0.152. The standard InChI is InChI=1S/C32H47N3O9/c1-19-12-20-13-21-15-34(17-23(19)21)30(40)44-22-14-24(28(38)41-7)35(16-22)26(36)25(31(2,3)4)33-29(39)43-18-32(5,6)10-8-9-11-42-27(20)37/h13,19,22,24-25H,8-12,14-18H2,1-7H3,(H,33,39). The Labute approximate surface area is 259 Å². The summed E-state index contributed by atoms with van der Waals surface area (Å²) in [7, 11) is 1.24. The van der Waals surface area contributed by atoms with Crippen LogP contribution in [0, 0.1) is 16.7 Å². The first-order valence-electron chi connectivity index (χ1n) is 15.5. The molecule has 0 aromatic carbocycles. The van der Waals surface area contributed by atoms with Crippen LogP contribution in [0.4, 0.5) is 9.59 Å². The summed E-state index contributed by atoms with van der Waals surface area (Å²) in [5, 5.41) is 2.72. The normalized spacial score (nSPS) is 29.0. The predicted octanol–water partition coefficient (Wildman–Crippen LogP) is 3.74. The van der Waals surface area contributed by atoms with Gasteiger partial charge in [-0.05, 0) is 59.7 Å². The van der Waals surface area contributed by atoms with Gasteiger partial charge in [-0.1, -0.05) is 41.5 Å². The lowest BCUT2D eigenvalue weighted by Crippen LogP contribution is -2.57. The van der Waals surface area contributed by atoms with Crippen molar-refractivity contribution in [2.24, 2.45) is 16.7 Å². The highest BCUT2D eigenvalue weighted by atomic mass is 16.6. The van der Waals surface area contributed by atoms with Crippen molar-refractivity contribution in [1.29, 1.82) is 0 Å². The predicted molar refractivity (Wildman–Crippen MR) is 159 cm³/mol. The lowest BCUT2D eigenvalue weighted by atomic mass is 9.85. The number of hydrogen-bond donors (Lipinski definition) is 1. The number of nitrogens with zero attached hydrogens (tertiary/aromatic N) is 2. The van der Waals surface area contributed by atoms with Crippen LogP contribution in [0.3, 0.4) is 0 Å². The minimum absolute atomic E-state index is 0.0338. The minimum atomic E-state index is -1.02. The maximum absolute atomic E-state index is 13.9. The van der Waals surface area contributed by atoms with E-state index < -0.39 is 47.7 Å². The number of carbonyl (C=O) groups is 5. The summed E-state index contributed by atoms with van der Waals surface area (Å²) in [5.74, 6) is -1.41. The summed E-state index contributed by atoms with van der Waals surface area (Å²) in [5.41, 5.74) is 1.50. The Balaban J connectivity index is 1.59. The third kappa shape index (κ3) is 7.74. The Morgan fingerprint density at radius 3 is 2.50 bits per heavy atom. The summed E-state index contributed by atoms with van der Waals surface area (Å²) >= 11 is 0. The molecule has 244 valence electrons. The van der Waals surface area contributed by atoms with E-state index in [4.69, 9.17) is 18.9 Å². The van der Waals surface area contributed by atoms with E-state index in [0.717, 1.165) is 24.0 Å². The van der Waals surface area contributed by atoms with Crippen LogP contribution in [0.25, 0.3) is 0 Å². The summed E-state index contributed by atoms with van der Waals surface area (Å²) in [6.45, 7) is 12.5. The molecule has 0 radical (unpaired) electrons. The van der Waals surface area contributed by atoms with Gasteiger partial charge in [0, 0.05) is 25.1 Å². The van der Waals surface area contributed by atoms with Gasteiger partial charge in [0.15, 0.2) is 0 Å². The Morgan fingerprint density at radius 1 is 1.09 bits per heavy atom. The van der Waals surface area contributed by atoms with Gasteiger partial charge < -0.3 is 29.2 Å². The maximum Gasteiger partial charge on any atom is 0.410 e. The number of hydrogen-bond acceptors (Lipinski definition) is 9. The van der Waals surface area contributed by atoms with E-state index in [2.05, 4.69) is 5.32 Å². The summed E-state index contributed by atoms with van der Waals surface area (Å²) in [6.07, 6.45) is 2.51. The topological polar surface area (TPSA) is 141 Å². The number of esters is 2. The van der Waals surface area contributed by atoms with Gasteiger partial charge in [-0.2, -0.15) is 0 Å². The highest BCUT2D eigenvalue weighted by Gasteiger charge is 2.47. The molecule has 1 N–H and O–H groups in total. The molecule has 12 nitrogen and oxygen atoms in total. The molecule has 3 amide bonds. The number of methoxy groups -OCH3 is 1. The number of fused-ring (bicyclic) bond motifs is 3. The molecule has 3 aliphatic heterocycles. The van der Waals surface area contributed by atoms with Gasteiger partial charge in [0.25, 0.3) is 0 Å². The monoisotopic (exact) mass is 617 g/mol. The van der Waals surface area contributed by atoms with Crippen molar-refractivity contribution >= 4 is 30.0 Å². The van der Waals surface area contributed by atoms with Gasteiger partial charge in [-0.15, -0.1) is 0 Å². The van der Waals surface area contributed by atoms with Gasteiger partial charge in [-0.25, -0.2) is 19.2 Å². The fourth-order valence-corrected chi connectivity index (χ4v) is 6.25. The largest absolute Gasteiger partial charge is 0.467 e. The van der Waals surface area contributed by atoms with Crippen molar-refractivity contribution in [2.75, 3.05) is 40.0 Å². The van der Waals surface area contributed by atoms with Crippen molar-refractivity contribution in [3.8, 4) is 0 Å². The third-order valence-electron chi connectivity index (χ3n) is 8.86. The number of rotatable bonds is 1. The number of alkyl carbamates (subject to hydrolysis) is 1. The third-order valence-corrected chi connectivity index (χ3v) is 8.86. The van der Waals surface area contributed by atoms with Gasteiger partial charge in [0.2, 0.25) is 5.91 Å². The molecule has 0 aromatic rings. The van der Waals surface area contributed by atoms with E-state index in [9.17, 15) is 24.0 Å². The fraction of sp³-hybridized carbons (Fsp3) is 0.719. The van der Waals surface area contributed by atoms with Crippen LogP contribution in [0.5, 0.6) is 0 Å². The molecule has 0 saturated carbocycles. The van der Waals surface area contributed by atoms with Crippen LogP contribution in [0.15, 0.2) is 22.8 Å². The molecule has 0 spiro atoms. The summed E-state index contributed by atoms with van der Waals surface area (Å²) < 4.78 is 21.9. The van der Waals surface area contributed by atoms with E-state index in [1.807, 2.05) is 47.6 Å². The fourth-order valence-electron chi connectivity index (χ4n) is 6.25. The van der Waals surface area contributed by atoms with Gasteiger partial charge >= 0.3 is 24.1 Å². The minimum Gasteiger partial charge on any atom is -0.467 e. The summed E-state index contributed by atoms with van der Waals surface area (Å²) in [4.78, 5) is 68.7. The lowest BCUT2D eigenvalue weighted by Gasteiger charge is -2.35. The van der Waals surface area contributed by atoms with Gasteiger partial charge in [0.05, 0.1) is 26.9 Å². The molecule has 4 atom stereocenters. The molecule has 3 heterocycles. The van der Waals surface area contributed by atoms with Gasteiger partial charge in [-0.3, -0.25) is 9.69 Å². The Hall–Kier alpha value is -3.57. The number of ether oxygens (including phenoxy) is 4. The SMILES string of the molecule is COC(=O)C1CC2CN1C(=O)C(C(C)(C)C)NC(=O)OCC(C)(C)CCCCOC(=O)C1=CC3=C(CN(C3)C(=O)O2)C(C)C1. The Morgan fingerprint density at radius 2 is 1.82 bits per heavy atom. The van der Waals surface area contributed by atoms with Crippen LogP contribution >= 0.6 is 0 Å². The maximum atomic E-state index is 13.9. The first-order chi connectivity index (χ1) is 20.6. The zero-order valence-electron chi connectivity index (χ0n) is 27.0. The van der Waals surface area contributed by atoms with Crippen LogP contribution in [-0.4, -0.2) is 98.0 Å². The molecular formula is C32H47N3O9. The van der Waals surface area contributed by atoms with E-state index in [1.54, 1.807) is 4.90 Å². The first-order valence-corrected chi connectivity index (χ1v) is 15.5. The molecule has 44 heavy (non-hydrogen) atoms. The first kappa shape index (κ1) is 33.3.